The van der Waals surface area contributed by atoms with E-state index < -0.39 is 23.5 Å². The fourth-order valence-corrected chi connectivity index (χ4v) is 3.19. The predicted molar refractivity (Wildman–Crippen MR) is 107 cm³/mol. The number of benzene rings is 1. The van der Waals surface area contributed by atoms with Gasteiger partial charge in [0.15, 0.2) is 11.5 Å². The molecular weight excluding hydrogens is 413 g/mol. The van der Waals surface area contributed by atoms with Crippen LogP contribution in [0.1, 0.15) is 16.2 Å². The van der Waals surface area contributed by atoms with E-state index in [0.717, 1.165) is 6.20 Å². The maximum Gasteiger partial charge on any atom is 0.275 e. The van der Waals surface area contributed by atoms with Crippen molar-refractivity contribution in [3.63, 3.8) is 0 Å². The van der Waals surface area contributed by atoms with Crippen LogP contribution in [0.2, 0.25) is 5.02 Å². The summed E-state index contributed by atoms with van der Waals surface area (Å²) in [6.45, 7) is 0.0772. The average Bonchev–Trinajstić information content (AvgIpc) is 3.06. The molecule has 0 radical (unpaired) electrons. The normalized spacial score (nSPS) is 15.9. The molecule has 0 spiro atoms. The SMILES string of the molecule is CN1C(=O)[C@@H](NC(=O)c2nn(Cc3ccc(Cl)cn3)cc2F)COc2ccccc21. The summed E-state index contributed by atoms with van der Waals surface area (Å²) in [7, 11) is 1.59. The van der Waals surface area contributed by atoms with Crippen LogP contribution in [0.25, 0.3) is 0 Å². The Bertz CT molecular complexity index is 1100. The number of likely N-dealkylation sites (N-methyl/N-ethyl adjacent to an activating group) is 1. The van der Waals surface area contributed by atoms with E-state index in [2.05, 4.69) is 15.4 Å². The van der Waals surface area contributed by atoms with Crippen molar-refractivity contribution in [1.29, 1.82) is 0 Å². The molecule has 1 aliphatic rings. The Hall–Kier alpha value is -3.46. The van der Waals surface area contributed by atoms with E-state index in [1.54, 1.807) is 43.4 Å². The number of hydrogen-bond donors (Lipinski definition) is 1. The Morgan fingerprint density at radius 3 is 2.90 bits per heavy atom. The van der Waals surface area contributed by atoms with Crippen molar-refractivity contribution in [2.75, 3.05) is 18.6 Å². The minimum atomic E-state index is -0.989. The number of aromatic nitrogens is 3. The number of ether oxygens (including phenoxy) is 1. The highest BCUT2D eigenvalue weighted by atomic mass is 35.5. The molecule has 1 aliphatic heterocycles. The maximum atomic E-state index is 14.3. The van der Waals surface area contributed by atoms with Crippen LogP contribution in [0.15, 0.2) is 48.8 Å². The molecule has 0 saturated carbocycles. The smallest absolute Gasteiger partial charge is 0.275 e. The third-order valence-corrected chi connectivity index (χ3v) is 4.83. The first-order valence-electron chi connectivity index (χ1n) is 9.06. The number of carbonyl (C=O) groups is 2. The van der Waals surface area contributed by atoms with E-state index in [-0.39, 0.29) is 19.1 Å². The third kappa shape index (κ3) is 3.97. The number of rotatable bonds is 4. The summed E-state index contributed by atoms with van der Waals surface area (Å²) in [5.74, 6) is -1.47. The van der Waals surface area contributed by atoms with Gasteiger partial charge in [0.1, 0.15) is 18.4 Å². The van der Waals surface area contributed by atoms with Gasteiger partial charge in [-0.25, -0.2) is 4.39 Å². The third-order valence-electron chi connectivity index (χ3n) is 4.61. The number of pyridine rings is 1. The Morgan fingerprint density at radius 2 is 2.13 bits per heavy atom. The Kier molecular flexibility index (Phi) is 5.37. The van der Waals surface area contributed by atoms with Gasteiger partial charge in [-0.1, -0.05) is 23.7 Å². The van der Waals surface area contributed by atoms with Gasteiger partial charge in [0.05, 0.1) is 29.1 Å². The second-order valence-corrected chi connectivity index (χ2v) is 7.13. The Morgan fingerprint density at radius 1 is 1.33 bits per heavy atom. The van der Waals surface area contributed by atoms with Gasteiger partial charge in [-0.2, -0.15) is 5.10 Å². The van der Waals surface area contributed by atoms with Crippen LogP contribution >= 0.6 is 11.6 Å². The molecule has 0 unspecified atom stereocenters. The highest BCUT2D eigenvalue weighted by Crippen LogP contribution is 2.29. The molecule has 3 heterocycles. The predicted octanol–water partition coefficient (Wildman–Crippen LogP) is 2.27. The summed E-state index contributed by atoms with van der Waals surface area (Å²) in [6, 6.07) is 9.38. The zero-order chi connectivity index (χ0) is 21.3. The summed E-state index contributed by atoms with van der Waals surface area (Å²) >= 11 is 5.80. The molecule has 154 valence electrons. The molecule has 3 aromatic rings. The number of anilines is 1. The first kappa shape index (κ1) is 19.8. The largest absolute Gasteiger partial charge is 0.489 e. The summed E-state index contributed by atoms with van der Waals surface area (Å²) in [6.07, 6.45) is 2.56. The molecule has 8 nitrogen and oxygen atoms in total. The van der Waals surface area contributed by atoms with E-state index in [1.165, 1.54) is 15.8 Å². The highest BCUT2D eigenvalue weighted by molar-refractivity contribution is 6.30. The first-order chi connectivity index (χ1) is 14.4. The topological polar surface area (TPSA) is 89.4 Å². The fraction of sp³-hybridized carbons (Fsp3) is 0.200. The maximum absolute atomic E-state index is 14.3. The Balaban J connectivity index is 1.48. The van der Waals surface area contributed by atoms with Crippen molar-refractivity contribution >= 4 is 29.1 Å². The molecule has 30 heavy (non-hydrogen) atoms. The quantitative estimate of drug-likeness (QED) is 0.687. The van der Waals surface area contributed by atoms with Crippen LogP contribution in [0, 0.1) is 5.82 Å². The molecule has 0 saturated heterocycles. The number of amides is 2. The fourth-order valence-electron chi connectivity index (χ4n) is 3.08. The van der Waals surface area contributed by atoms with Crippen molar-refractivity contribution in [3.8, 4) is 5.75 Å². The van der Waals surface area contributed by atoms with E-state index >= 15 is 0 Å². The first-order valence-corrected chi connectivity index (χ1v) is 9.44. The summed E-state index contributed by atoms with van der Waals surface area (Å²) in [5, 5.41) is 6.98. The highest BCUT2D eigenvalue weighted by Gasteiger charge is 2.31. The van der Waals surface area contributed by atoms with Crippen LogP contribution < -0.4 is 15.0 Å². The molecule has 0 fully saturated rings. The molecule has 2 amide bonds. The standard InChI is InChI=1S/C20H17ClFN5O3/c1-26-16-4-2-3-5-17(16)30-11-15(20(26)29)24-19(28)18-14(22)10-27(25-18)9-13-7-6-12(21)8-23-13/h2-8,10,15H,9,11H2,1H3,(H,24,28)/t15-/m0/s1. The molecule has 10 heteroatoms. The van der Waals surface area contributed by atoms with E-state index in [9.17, 15) is 14.0 Å². The second-order valence-electron chi connectivity index (χ2n) is 6.69. The van der Waals surface area contributed by atoms with Gasteiger partial charge in [0.25, 0.3) is 11.8 Å². The van der Waals surface area contributed by atoms with Crippen molar-refractivity contribution in [3.05, 3.63) is 71.0 Å². The van der Waals surface area contributed by atoms with Crippen molar-refractivity contribution in [2.45, 2.75) is 12.6 Å². The van der Waals surface area contributed by atoms with Gasteiger partial charge >= 0.3 is 0 Å². The van der Waals surface area contributed by atoms with E-state index in [1.807, 2.05) is 0 Å². The Labute approximate surface area is 176 Å². The number of carbonyl (C=O) groups excluding carboxylic acids is 2. The lowest BCUT2D eigenvalue weighted by Gasteiger charge is -2.20. The lowest BCUT2D eigenvalue weighted by molar-refractivity contribution is -0.120. The van der Waals surface area contributed by atoms with Crippen molar-refractivity contribution in [2.24, 2.45) is 0 Å². The number of para-hydroxylation sites is 2. The number of halogens is 2. The monoisotopic (exact) mass is 429 g/mol. The lowest BCUT2D eigenvalue weighted by Crippen LogP contribution is -2.49. The molecule has 1 atom stereocenters. The van der Waals surface area contributed by atoms with E-state index in [4.69, 9.17) is 16.3 Å². The number of fused-ring (bicyclic) bond motifs is 1. The van der Waals surface area contributed by atoms with E-state index in [0.29, 0.717) is 22.2 Å². The molecular formula is C20H17ClFN5O3. The second kappa shape index (κ2) is 8.11. The molecule has 4 rings (SSSR count). The van der Waals surface area contributed by atoms with Gasteiger partial charge in [0, 0.05) is 13.2 Å². The minimum Gasteiger partial charge on any atom is -0.489 e. The number of nitrogens with one attached hydrogen (secondary N) is 1. The van der Waals surface area contributed by atoms with Crippen molar-refractivity contribution < 1.29 is 18.7 Å². The van der Waals surface area contributed by atoms with Gasteiger partial charge in [-0.15, -0.1) is 0 Å². The zero-order valence-corrected chi connectivity index (χ0v) is 16.6. The minimum absolute atomic E-state index is 0.0804. The molecule has 1 aromatic carbocycles. The van der Waals surface area contributed by atoms with Gasteiger partial charge < -0.3 is 15.0 Å². The molecule has 1 N–H and O–H groups in total. The van der Waals surface area contributed by atoms with Crippen LogP contribution in [-0.4, -0.2) is 46.3 Å². The van der Waals surface area contributed by atoms with Crippen molar-refractivity contribution in [1.82, 2.24) is 20.1 Å². The number of nitrogens with zero attached hydrogens (tertiary/aromatic N) is 4. The van der Waals surface area contributed by atoms with Crippen LogP contribution in [-0.2, 0) is 11.3 Å². The lowest BCUT2D eigenvalue weighted by atomic mass is 10.2. The average molecular weight is 430 g/mol. The van der Waals surface area contributed by atoms with Gasteiger partial charge in [-0.3, -0.25) is 19.3 Å². The summed E-state index contributed by atoms with van der Waals surface area (Å²) in [5.41, 5.74) is 0.770. The number of hydrogen-bond acceptors (Lipinski definition) is 5. The van der Waals surface area contributed by atoms with Crippen LogP contribution in [0.3, 0.4) is 0 Å². The van der Waals surface area contributed by atoms with Gasteiger partial charge in [0.2, 0.25) is 0 Å². The van der Waals surface area contributed by atoms with Crippen LogP contribution in [0.5, 0.6) is 5.75 Å². The molecule has 0 aliphatic carbocycles. The van der Waals surface area contributed by atoms with Gasteiger partial charge in [-0.05, 0) is 24.3 Å². The summed E-state index contributed by atoms with van der Waals surface area (Å²) < 4.78 is 21.2. The molecule has 0 bridgehead atoms. The van der Waals surface area contributed by atoms with Crippen LogP contribution in [0.4, 0.5) is 10.1 Å². The molecule has 2 aromatic heterocycles. The zero-order valence-electron chi connectivity index (χ0n) is 15.9. The summed E-state index contributed by atoms with van der Waals surface area (Å²) in [4.78, 5) is 30.8.